The molecule has 0 fully saturated rings. The molecule has 0 amide bonds. The van der Waals surface area contributed by atoms with Crippen molar-refractivity contribution in [1.82, 2.24) is 0 Å². The van der Waals surface area contributed by atoms with Gasteiger partial charge in [0.1, 0.15) is 29.0 Å². The average Bonchev–Trinajstić information content (AvgIpc) is 2.60. The summed E-state index contributed by atoms with van der Waals surface area (Å²) >= 11 is 0. The minimum Gasteiger partial charge on any atom is -0.497 e. The number of hydrogen-bond donors (Lipinski definition) is 0. The minimum atomic E-state index is -0.366. The van der Waals surface area contributed by atoms with Crippen molar-refractivity contribution in [2.75, 3.05) is 7.11 Å². The number of Topliss-reactive ketones (excluding diaryl/α,β-unsaturated/α-hetero) is 1. The molecule has 1 atom stereocenters. The molecular formula is C21H20O4. The quantitative estimate of drug-likeness (QED) is 0.805. The lowest BCUT2D eigenvalue weighted by atomic mass is 9.92. The predicted octanol–water partition coefficient (Wildman–Crippen LogP) is 4.59. The molecule has 1 unspecified atom stereocenters. The van der Waals surface area contributed by atoms with E-state index in [1.54, 1.807) is 13.2 Å². The summed E-state index contributed by atoms with van der Waals surface area (Å²) in [7, 11) is 1.63. The number of benzene rings is 2. The normalized spacial score (nSPS) is 20.1. The highest BCUT2D eigenvalue weighted by Crippen LogP contribution is 2.44. The number of ether oxygens (including phenoxy) is 3. The van der Waals surface area contributed by atoms with Crippen LogP contribution >= 0.6 is 0 Å². The lowest BCUT2D eigenvalue weighted by molar-refractivity contribution is 0.0846. The molecule has 2 aromatic rings. The van der Waals surface area contributed by atoms with Crippen LogP contribution in [-0.2, 0) is 0 Å². The molecule has 0 radical (unpaired) electrons. The second-order valence-electron chi connectivity index (χ2n) is 6.90. The van der Waals surface area contributed by atoms with Gasteiger partial charge in [-0.25, -0.2) is 0 Å². The van der Waals surface area contributed by atoms with E-state index < -0.39 is 0 Å². The van der Waals surface area contributed by atoms with Gasteiger partial charge in [0, 0.05) is 0 Å². The molecule has 4 nitrogen and oxygen atoms in total. The van der Waals surface area contributed by atoms with Crippen molar-refractivity contribution in [3.63, 3.8) is 0 Å². The van der Waals surface area contributed by atoms with E-state index in [2.05, 4.69) is 0 Å². The van der Waals surface area contributed by atoms with Gasteiger partial charge in [-0.1, -0.05) is 12.1 Å². The highest BCUT2D eigenvalue weighted by molar-refractivity contribution is 6.01. The fourth-order valence-corrected chi connectivity index (χ4v) is 3.24. The van der Waals surface area contributed by atoms with Crippen LogP contribution in [0, 0.1) is 0 Å². The van der Waals surface area contributed by atoms with E-state index in [4.69, 9.17) is 14.2 Å². The van der Waals surface area contributed by atoms with Gasteiger partial charge in [0.15, 0.2) is 5.78 Å². The van der Waals surface area contributed by atoms with Gasteiger partial charge in [0.2, 0.25) is 0 Å². The largest absolute Gasteiger partial charge is 0.497 e. The van der Waals surface area contributed by atoms with Gasteiger partial charge < -0.3 is 14.2 Å². The molecule has 2 heterocycles. The summed E-state index contributed by atoms with van der Waals surface area (Å²) in [4.78, 5) is 12.6. The molecule has 128 valence electrons. The summed E-state index contributed by atoms with van der Waals surface area (Å²) < 4.78 is 17.4. The molecule has 2 aromatic carbocycles. The molecule has 2 aliphatic rings. The maximum Gasteiger partial charge on any atom is 0.170 e. The first-order chi connectivity index (χ1) is 12.0. The Kier molecular flexibility index (Phi) is 3.57. The first-order valence-corrected chi connectivity index (χ1v) is 8.36. The van der Waals surface area contributed by atoms with Crippen LogP contribution in [0.3, 0.4) is 0 Å². The van der Waals surface area contributed by atoms with Crippen LogP contribution in [0.25, 0.3) is 6.08 Å². The molecule has 0 bridgehead atoms. The second kappa shape index (κ2) is 5.66. The summed E-state index contributed by atoms with van der Waals surface area (Å²) in [6.07, 6.45) is 4.00. The highest BCUT2D eigenvalue weighted by Gasteiger charge is 2.33. The van der Waals surface area contributed by atoms with Crippen LogP contribution in [0.1, 0.15) is 47.9 Å². The minimum absolute atomic E-state index is 0.0862. The van der Waals surface area contributed by atoms with Crippen molar-refractivity contribution < 1.29 is 19.0 Å². The summed E-state index contributed by atoms with van der Waals surface area (Å²) in [5.41, 5.74) is 2.05. The van der Waals surface area contributed by atoms with E-state index in [1.165, 1.54) is 0 Å². The van der Waals surface area contributed by atoms with E-state index in [9.17, 15) is 4.79 Å². The summed E-state index contributed by atoms with van der Waals surface area (Å²) in [6, 6.07) is 11.3. The van der Waals surface area contributed by atoms with Gasteiger partial charge in [-0.3, -0.25) is 4.79 Å². The van der Waals surface area contributed by atoms with Gasteiger partial charge in [0.25, 0.3) is 0 Å². The third-order valence-corrected chi connectivity index (χ3v) is 4.60. The van der Waals surface area contributed by atoms with Crippen molar-refractivity contribution in [2.24, 2.45) is 0 Å². The molecule has 0 N–H and O–H groups in total. The number of ketones is 1. The Morgan fingerprint density at radius 3 is 2.60 bits per heavy atom. The standard InChI is InChI=1S/C21H20O4/c1-21(2)11-10-16-18(25-21)9-8-15-17(22)12-19(24-20(15)16)13-4-6-14(23-3)7-5-13/h4-11,19H,12H2,1-3H3. The Morgan fingerprint density at radius 2 is 1.88 bits per heavy atom. The van der Waals surface area contributed by atoms with Crippen molar-refractivity contribution >= 4 is 11.9 Å². The predicted molar refractivity (Wildman–Crippen MR) is 95.5 cm³/mol. The molecule has 0 aromatic heterocycles. The molecule has 4 heteroatoms. The molecule has 25 heavy (non-hydrogen) atoms. The molecule has 2 aliphatic heterocycles. The van der Waals surface area contributed by atoms with Crippen LogP contribution in [0.5, 0.6) is 17.2 Å². The Morgan fingerprint density at radius 1 is 1.12 bits per heavy atom. The van der Waals surface area contributed by atoms with E-state index >= 15 is 0 Å². The Bertz CT molecular complexity index is 862. The maximum atomic E-state index is 12.6. The van der Waals surface area contributed by atoms with Crippen molar-refractivity contribution in [1.29, 1.82) is 0 Å². The van der Waals surface area contributed by atoms with Crippen LogP contribution < -0.4 is 14.2 Å². The smallest absolute Gasteiger partial charge is 0.170 e. The van der Waals surface area contributed by atoms with Crippen molar-refractivity contribution in [3.05, 3.63) is 59.2 Å². The van der Waals surface area contributed by atoms with Gasteiger partial charge in [-0.15, -0.1) is 0 Å². The first kappa shape index (κ1) is 15.8. The zero-order chi connectivity index (χ0) is 17.6. The molecule has 0 saturated heterocycles. The van der Waals surface area contributed by atoms with Crippen molar-refractivity contribution in [2.45, 2.75) is 32.0 Å². The van der Waals surface area contributed by atoms with Gasteiger partial charge >= 0.3 is 0 Å². The SMILES string of the molecule is COc1ccc(C2CC(=O)c3ccc4c(c3O2)C=CC(C)(C)O4)cc1. The van der Waals surface area contributed by atoms with Gasteiger partial charge in [-0.2, -0.15) is 0 Å². The molecular weight excluding hydrogens is 316 g/mol. The third kappa shape index (κ3) is 2.78. The summed E-state index contributed by atoms with van der Waals surface area (Å²) in [5, 5.41) is 0. The number of methoxy groups -OCH3 is 1. The number of fused-ring (bicyclic) bond motifs is 3. The Hall–Kier alpha value is -2.75. The lowest BCUT2D eigenvalue weighted by Crippen LogP contribution is -2.28. The number of carbonyl (C=O) groups excluding carboxylic acids is 1. The van der Waals surface area contributed by atoms with Crippen LogP contribution in [0.4, 0.5) is 0 Å². The summed E-state index contributed by atoms with van der Waals surface area (Å²) in [5.74, 6) is 2.22. The topological polar surface area (TPSA) is 44.8 Å². The molecule has 0 saturated carbocycles. The Labute approximate surface area is 147 Å². The summed E-state index contributed by atoms with van der Waals surface area (Å²) in [6.45, 7) is 4.00. The van der Waals surface area contributed by atoms with E-state index in [0.717, 1.165) is 22.6 Å². The number of hydrogen-bond acceptors (Lipinski definition) is 4. The highest BCUT2D eigenvalue weighted by atomic mass is 16.5. The fourth-order valence-electron chi connectivity index (χ4n) is 3.24. The van der Waals surface area contributed by atoms with Gasteiger partial charge in [0.05, 0.1) is 24.7 Å². The fraction of sp³-hybridized carbons (Fsp3) is 0.286. The average molecular weight is 336 g/mol. The zero-order valence-electron chi connectivity index (χ0n) is 14.5. The van der Waals surface area contributed by atoms with Crippen LogP contribution in [0.15, 0.2) is 42.5 Å². The molecule has 0 spiro atoms. The second-order valence-corrected chi connectivity index (χ2v) is 6.90. The van der Waals surface area contributed by atoms with Gasteiger partial charge in [-0.05, 0) is 55.8 Å². The third-order valence-electron chi connectivity index (χ3n) is 4.60. The van der Waals surface area contributed by atoms with E-state index in [-0.39, 0.29) is 17.5 Å². The number of carbonyl (C=O) groups is 1. The van der Waals surface area contributed by atoms with E-state index in [1.807, 2.05) is 56.3 Å². The monoisotopic (exact) mass is 336 g/mol. The maximum absolute atomic E-state index is 12.6. The van der Waals surface area contributed by atoms with E-state index in [0.29, 0.717) is 17.7 Å². The lowest BCUT2D eigenvalue weighted by Gasteiger charge is -2.32. The molecule has 4 rings (SSSR count). The van der Waals surface area contributed by atoms with Crippen LogP contribution in [0.2, 0.25) is 0 Å². The zero-order valence-corrected chi connectivity index (χ0v) is 14.5. The number of rotatable bonds is 2. The van der Waals surface area contributed by atoms with Crippen LogP contribution in [-0.4, -0.2) is 18.5 Å². The Balaban J connectivity index is 1.73. The van der Waals surface area contributed by atoms with Crippen molar-refractivity contribution in [3.8, 4) is 17.2 Å². The first-order valence-electron chi connectivity index (χ1n) is 8.36. The molecule has 0 aliphatic carbocycles.